The Morgan fingerprint density at radius 1 is 1.09 bits per heavy atom. The number of aliphatic hydroxyl groups is 1. The summed E-state index contributed by atoms with van der Waals surface area (Å²) in [6, 6.07) is 15.5. The molecule has 2 aromatic heterocycles. The molecule has 0 aliphatic heterocycles. The van der Waals surface area contributed by atoms with Crippen LogP contribution in [-0.4, -0.2) is 24.6 Å². The molecule has 0 saturated heterocycles. The van der Waals surface area contributed by atoms with E-state index >= 15 is 0 Å². The summed E-state index contributed by atoms with van der Waals surface area (Å²) >= 11 is 0. The first-order chi connectivity index (χ1) is 11.1. The zero-order valence-corrected chi connectivity index (χ0v) is 12.7. The van der Waals surface area contributed by atoms with Crippen molar-refractivity contribution in [2.45, 2.75) is 13.2 Å². The molecule has 2 heterocycles. The molecule has 0 bridgehead atoms. The first-order valence-corrected chi connectivity index (χ1v) is 7.44. The summed E-state index contributed by atoms with van der Waals surface area (Å²) in [4.78, 5) is 12.5. The van der Waals surface area contributed by atoms with Gasteiger partial charge in [0.1, 0.15) is 17.9 Å². The third-order valence-electron chi connectivity index (χ3n) is 3.91. The highest BCUT2D eigenvalue weighted by Crippen LogP contribution is 2.27. The van der Waals surface area contributed by atoms with Crippen LogP contribution in [0.4, 0.5) is 0 Å². The van der Waals surface area contributed by atoms with Crippen LogP contribution in [0.5, 0.6) is 0 Å². The van der Waals surface area contributed by atoms with Crippen molar-refractivity contribution in [3.63, 3.8) is 0 Å². The molecule has 0 radical (unpaired) electrons. The molecule has 0 aliphatic rings. The standard InChI is InChI=1S/C18H16N4O/c1-11(17-19-13-7-3-4-8-14(13)20-17)18-21-15-9-5-6-10-16(15)22(18)12(2)23/h3-10,12,23H,1H2,2H3,(H,19,20). The Bertz CT molecular complexity index is 993. The number of imidazole rings is 2. The molecule has 1 atom stereocenters. The largest absolute Gasteiger partial charge is 0.373 e. The molecule has 0 amide bonds. The molecule has 1 unspecified atom stereocenters. The SMILES string of the molecule is C=C(c1nc2ccccc2[nH]1)c1nc2ccccc2n1C(C)O. The summed E-state index contributed by atoms with van der Waals surface area (Å²) in [7, 11) is 0. The Kier molecular flexibility index (Phi) is 3.02. The topological polar surface area (TPSA) is 66.7 Å². The van der Waals surface area contributed by atoms with E-state index in [9.17, 15) is 5.11 Å². The summed E-state index contributed by atoms with van der Waals surface area (Å²) in [5, 5.41) is 10.2. The first kappa shape index (κ1) is 13.7. The van der Waals surface area contributed by atoms with E-state index in [0.29, 0.717) is 17.2 Å². The van der Waals surface area contributed by atoms with Crippen molar-refractivity contribution in [1.29, 1.82) is 0 Å². The minimum absolute atomic E-state index is 0.611. The predicted molar refractivity (Wildman–Crippen MR) is 90.9 cm³/mol. The molecule has 2 aromatic carbocycles. The van der Waals surface area contributed by atoms with E-state index in [2.05, 4.69) is 21.5 Å². The van der Waals surface area contributed by atoms with Crippen molar-refractivity contribution in [2.75, 3.05) is 0 Å². The maximum atomic E-state index is 10.2. The second-order valence-corrected chi connectivity index (χ2v) is 5.51. The van der Waals surface area contributed by atoms with E-state index in [-0.39, 0.29) is 0 Å². The van der Waals surface area contributed by atoms with Gasteiger partial charge < -0.3 is 10.1 Å². The van der Waals surface area contributed by atoms with Crippen LogP contribution >= 0.6 is 0 Å². The highest BCUT2D eigenvalue weighted by Gasteiger charge is 2.19. The van der Waals surface area contributed by atoms with Gasteiger partial charge in [-0.1, -0.05) is 30.8 Å². The molecule has 23 heavy (non-hydrogen) atoms. The number of hydrogen-bond acceptors (Lipinski definition) is 3. The Balaban J connectivity index is 1.90. The van der Waals surface area contributed by atoms with Crippen molar-refractivity contribution >= 4 is 27.6 Å². The number of aromatic amines is 1. The van der Waals surface area contributed by atoms with Gasteiger partial charge in [0.15, 0.2) is 0 Å². The van der Waals surface area contributed by atoms with Crippen LogP contribution in [-0.2, 0) is 0 Å². The fourth-order valence-electron chi connectivity index (χ4n) is 2.84. The van der Waals surface area contributed by atoms with E-state index in [4.69, 9.17) is 0 Å². The summed E-state index contributed by atoms with van der Waals surface area (Å²) in [5.74, 6) is 1.27. The van der Waals surface area contributed by atoms with Crippen LogP contribution in [0, 0.1) is 0 Å². The maximum Gasteiger partial charge on any atom is 0.146 e. The summed E-state index contributed by atoms with van der Waals surface area (Å²) in [6.07, 6.45) is -0.710. The molecule has 114 valence electrons. The molecule has 4 rings (SSSR count). The van der Waals surface area contributed by atoms with Crippen LogP contribution in [0.15, 0.2) is 55.1 Å². The summed E-state index contributed by atoms with van der Waals surface area (Å²) < 4.78 is 1.77. The van der Waals surface area contributed by atoms with Gasteiger partial charge >= 0.3 is 0 Å². The number of para-hydroxylation sites is 4. The number of benzene rings is 2. The number of hydrogen-bond donors (Lipinski definition) is 2. The van der Waals surface area contributed by atoms with Crippen LogP contribution in [0.25, 0.3) is 27.6 Å². The summed E-state index contributed by atoms with van der Waals surface area (Å²) in [5.41, 5.74) is 4.17. The number of aliphatic hydroxyl groups excluding tert-OH is 1. The lowest BCUT2D eigenvalue weighted by Gasteiger charge is -2.12. The lowest BCUT2D eigenvalue weighted by Crippen LogP contribution is -2.08. The van der Waals surface area contributed by atoms with E-state index in [1.807, 2.05) is 48.5 Å². The predicted octanol–water partition coefficient (Wildman–Crippen LogP) is 3.48. The molecular formula is C18H16N4O. The number of aromatic nitrogens is 4. The Morgan fingerprint density at radius 2 is 1.78 bits per heavy atom. The van der Waals surface area contributed by atoms with Gasteiger partial charge in [0, 0.05) is 0 Å². The van der Waals surface area contributed by atoms with Gasteiger partial charge in [0.05, 0.1) is 27.6 Å². The van der Waals surface area contributed by atoms with E-state index in [1.54, 1.807) is 11.5 Å². The van der Waals surface area contributed by atoms with E-state index in [0.717, 1.165) is 22.1 Å². The van der Waals surface area contributed by atoms with Crippen molar-refractivity contribution < 1.29 is 5.11 Å². The van der Waals surface area contributed by atoms with Gasteiger partial charge in [-0.3, -0.25) is 4.57 Å². The van der Waals surface area contributed by atoms with Gasteiger partial charge in [-0.15, -0.1) is 0 Å². The van der Waals surface area contributed by atoms with Gasteiger partial charge in [0.2, 0.25) is 0 Å². The number of H-pyrrole nitrogens is 1. The molecular weight excluding hydrogens is 288 g/mol. The van der Waals surface area contributed by atoms with Crippen molar-refractivity contribution in [1.82, 2.24) is 19.5 Å². The van der Waals surface area contributed by atoms with Crippen LogP contribution in [0.2, 0.25) is 0 Å². The zero-order valence-electron chi connectivity index (χ0n) is 12.7. The van der Waals surface area contributed by atoms with Gasteiger partial charge in [-0.05, 0) is 31.2 Å². The fraction of sp³-hybridized carbons (Fsp3) is 0.111. The first-order valence-electron chi connectivity index (χ1n) is 7.44. The lowest BCUT2D eigenvalue weighted by atomic mass is 10.2. The average molecular weight is 304 g/mol. The third-order valence-corrected chi connectivity index (χ3v) is 3.91. The fourth-order valence-corrected chi connectivity index (χ4v) is 2.84. The van der Waals surface area contributed by atoms with Crippen molar-refractivity contribution in [3.8, 4) is 0 Å². The second kappa shape index (κ2) is 5.07. The number of rotatable bonds is 3. The molecule has 5 nitrogen and oxygen atoms in total. The lowest BCUT2D eigenvalue weighted by molar-refractivity contribution is 0.128. The second-order valence-electron chi connectivity index (χ2n) is 5.51. The van der Waals surface area contributed by atoms with E-state index in [1.165, 1.54) is 0 Å². The molecule has 5 heteroatoms. The minimum atomic E-state index is -0.710. The van der Waals surface area contributed by atoms with Gasteiger partial charge in [-0.2, -0.15) is 0 Å². The van der Waals surface area contributed by atoms with Crippen molar-refractivity contribution in [2.24, 2.45) is 0 Å². The van der Waals surface area contributed by atoms with Crippen LogP contribution in [0.3, 0.4) is 0 Å². The molecule has 0 spiro atoms. The highest BCUT2D eigenvalue weighted by molar-refractivity contribution is 5.85. The average Bonchev–Trinajstić information content (AvgIpc) is 3.15. The summed E-state index contributed by atoms with van der Waals surface area (Å²) in [6.45, 7) is 5.85. The third kappa shape index (κ3) is 2.13. The van der Waals surface area contributed by atoms with Gasteiger partial charge in [0.25, 0.3) is 0 Å². The molecule has 2 N–H and O–H groups in total. The van der Waals surface area contributed by atoms with E-state index < -0.39 is 6.23 Å². The van der Waals surface area contributed by atoms with Gasteiger partial charge in [-0.25, -0.2) is 9.97 Å². The minimum Gasteiger partial charge on any atom is -0.373 e. The molecule has 0 aliphatic carbocycles. The normalized spacial score (nSPS) is 12.8. The Morgan fingerprint density at radius 3 is 2.52 bits per heavy atom. The molecule has 0 fully saturated rings. The number of nitrogens with one attached hydrogen (secondary N) is 1. The Hall–Kier alpha value is -2.92. The quantitative estimate of drug-likeness (QED) is 0.609. The smallest absolute Gasteiger partial charge is 0.146 e. The molecule has 4 aromatic rings. The Labute approximate surface area is 132 Å². The zero-order chi connectivity index (χ0) is 16.0. The van der Waals surface area contributed by atoms with Crippen LogP contribution in [0.1, 0.15) is 24.8 Å². The maximum absolute atomic E-state index is 10.2. The highest BCUT2D eigenvalue weighted by atomic mass is 16.3. The van der Waals surface area contributed by atoms with Crippen molar-refractivity contribution in [3.05, 3.63) is 66.8 Å². The number of nitrogens with zero attached hydrogens (tertiary/aromatic N) is 3. The van der Waals surface area contributed by atoms with Crippen LogP contribution < -0.4 is 0 Å². The molecule has 0 saturated carbocycles. The number of fused-ring (bicyclic) bond motifs is 2. The monoisotopic (exact) mass is 304 g/mol.